The molecule has 1 heterocycles. The van der Waals surface area contributed by atoms with Crippen molar-refractivity contribution in [1.82, 2.24) is 9.80 Å². The molecule has 0 radical (unpaired) electrons. The van der Waals surface area contributed by atoms with Crippen LogP contribution in [0.15, 0.2) is 53.0 Å². The number of benzene rings is 2. The second-order valence-electron chi connectivity index (χ2n) is 6.73. The summed E-state index contributed by atoms with van der Waals surface area (Å²) in [5.41, 5.74) is 1.12. The molecule has 0 saturated carbocycles. The van der Waals surface area contributed by atoms with E-state index in [1.165, 1.54) is 0 Å². The molecule has 1 aliphatic rings. The smallest absolute Gasteiger partial charge is 0.434 e. The third kappa shape index (κ3) is 5.38. The highest BCUT2D eigenvalue weighted by Crippen LogP contribution is 2.20. The van der Waals surface area contributed by atoms with E-state index >= 15 is 0 Å². The minimum Gasteiger partial charge on any atom is -0.434 e. The van der Waals surface area contributed by atoms with E-state index < -0.39 is 6.16 Å². The average molecular weight is 475 g/mol. The van der Waals surface area contributed by atoms with Gasteiger partial charge in [0.25, 0.3) is 11.8 Å². The molecule has 1 fully saturated rings. The van der Waals surface area contributed by atoms with E-state index in [4.69, 9.17) is 9.47 Å². The minimum absolute atomic E-state index is 0.0442. The zero-order valence-electron chi connectivity index (χ0n) is 16.7. The quantitative estimate of drug-likeness (QED) is 0.494. The Morgan fingerprint density at radius 1 is 0.900 bits per heavy atom. The molecule has 8 heteroatoms. The summed E-state index contributed by atoms with van der Waals surface area (Å²) < 4.78 is 10.5. The molecule has 1 saturated heterocycles. The SMILES string of the molecule is CCOC(=O)Oc1ccc(C(=O)N2CCCN(C(=O)c3ccccc3Br)CC2)cc1. The lowest BCUT2D eigenvalue weighted by Crippen LogP contribution is -2.37. The van der Waals surface area contributed by atoms with Gasteiger partial charge >= 0.3 is 6.16 Å². The predicted octanol–water partition coefficient (Wildman–Crippen LogP) is 3.97. The average Bonchev–Trinajstić information content (AvgIpc) is 3.00. The Kier molecular flexibility index (Phi) is 7.46. The van der Waals surface area contributed by atoms with Crippen LogP contribution in [0, 0.1) is 0 Å². The Morgan fingerprint density at radius 2 is 1.53 bits per heavy atom. The predicted molar refractivity (Wildman–Crippen MR) is 115 cm³/mol. The third-order valence-corrected chi connectivity index (χ3v) is 5.43. The second-order valence-corrected chi connectivity index (χ2v) is 7.58. The van der Waals surface area contributed by atoms with Crippen molar-refractivity contribution in [1.29, 1.82) is 0 Å². The maximum absolute atomic E-state index is 12.9. The summed E-state index contributed by atoms with van der Waals surface area (Å²) in [6.45, 7) is 4.00. The van der Waals surface area contributed by atoms with Crippen molar-refractivity contribution in [2.24, 2.45) is 0 Å². The zero-order chi connectivity index (χ0) is 21.5. The number of ether oxygens (including phenoxy) is 2. The molecule has 0 bridgehead atoms. The van der Waals surface area contributed by atoms with Gasteiger partial charge in [-0.05, 0) is 65.7 Å². The first-order valence-corrected chi connectivity index (χ1v) is 10.6. The first kappa shape index (κ1) is 21.8. The van der Waals surface area contributed by atoms with Crippen LogP contribution in [0.25, 0.3) is 0 Å². The Labute approximate surface area is 183 Å². The van der Waals surface area contributed by atoms with Gasteiger partial charge in [-0.25, -0.2) is 4.79 Å². The van der Waals surface area contributed by atoms with E-state index in [1.807, 2.05) is 18.2 Å². The van der Waals surface area contributed by atoms with E-state index in [0.29, 0.717) is 49.5 Å². The lowest BCUT2D eigenvalue weighted by atomic mass is 10.2. The molecule has 0 spiro atoms. The van der Waals surface area contributed by atoms with Gasteiger partial charge < -0.3 is 19.3 Å². The van der Waals surface area contributed by atoms with E-state index in [1.54, 1.807) is 47.1 Å². The molecule has 0 aliphatic carbocycles. The van der Waals surface area contributed by atoms with Crippen LogP contribution < -0.4 is 4.74 Å². The number of halogens is 1. The first-order valence-electron chi connectivity index (χ1n) is 9.77. The molecule has 2 aromatic rings. The summed E-state index contributed by atoms with van der Waals surface area (Å²) in [5, 5.41) is 0. The van der Waals surface area contributed by atoms with Crippen LogP contribution in [0.1, 0.15) is 34.1 Å². The number of amides is 2. The Hall–Kier alpha value is -2.87. The van der Waals surface area contributed by atoms with E-state index in [9.17, 15) is 14.4 Å². The second kappa shape index (κ2) is 10.2. The highest BCUT2D eigenvalue weighted by molar-refractivity contribution is 9.10. The monoisotopic (exact) mass is 474 g/mol. The number of hydrogen-bond acceptors (Lipinski definition) is 5. The zero-order valence-corrected chi connectivity index (χ0v) is 18.3. The van der Waals surface area contributed by atoms with Crippen LogP contribution in [0.2, 0.25) is 0 Å². The molecule has 158 valence electrons. The topological polar surface area (TPSA) is 76.2 Å². The Balaban J connectivity index is 1.61. The third-order valence-electron chi connectivity index (χ3n) is 4.74. The molecule has 2 aromatic carbocycles. The lowest BCUT2D eigenvalue weighted by Gasteiger charge is -2.22. The highest BCUT2D eigenvalue weighted by atomic mass is 79.9. The minimum atomic E-state index is -0.779. The molecule has 2 amide bonds. The van der Waals surface area contributed by atoms with Crippen molar-refractivity contribution in [2.45, 2.75) is 13.3 Å². The summed E-state index contributed by atoms with van der Waals surface area (Å²) in [6.07, 6.45) is -0.0784. The first-order chi connectivity index (χ1) is 14.5. The largest absolute Gasteiger partial charge is 0.513 e. The van der Waals surface area contributed by atoms with Gasteiger partial charge in [-0.3, -0.25) is 9.59 Å². The fourth-order valence-corrected chi connectivity index (χ4v) is 3.67. The molecule has 0 unspecified atom stereocenters. The normalized spacial score (nSPS) is 14.1. The van der Waals surface area contributed by atoms with Crippen molar-refractivity contribution in [3.05, 3.63) is 64.1 Å². The van der Waals surface area contributed by atoms with Crippen molar-refractivity contribution >= 4 is 33.9 Å². The fourth-order valence-electron chi connectivity index (χ4n) is 3.22. The standard InChI is InChI=1S/C22H23BrN2O5/c1-2-29-22(28)30-17-10-8-16(9-11-17)20(26)24-12-5-13-25(15-14-24)21(27)18-6-3-4-7-19(18)23/h3-4,6-11H,2,5,12-15H2,1H3. The molecule has 3 rings (SSSR count). The molecule has 0 aromatic heterocycles. The Bertz CT molecular complexity index is 916. The number of carbonyl (C=O) groups is 3. The van der Waals surface area contributed by atoms with Crippen LogP contribution in [0.5, 0.6) is 5.75 Å². The number of nitrogens with zero attached hydrogens (tertiary/aromatic N) is 2. The maximum atomic E-state index is 12.9. The summed E-state index contributed by atoms with van der Waals surface area (Å²) in [4.78, 5) is 40.6. The van der Waals surface area contributed by atoms with Crippen LogP contribution in [0.4, 0.5) is 4.79 Å². The van der Waals surface area contributed by atoms with Gasteiger partial charge in [-0.1, -0.05) is 12.1 Å². The van der Waals surface area contributed by atoms with Crippen LogP contribution in [-0.2, 0) is 4.74 Å². The fraction of sp³-hybridized carbons (Fsp3) is 0.318. The van der Waals surface area contributed by atoms with Gasteiger partial charge in [0.05, 0.1) is 12.2 Å². The van der Waals surface area contributed by atoms with Gasteiger partial charge in [-0.2, -0.15) is 0 Å². The van der Waals surface area contributed by atoms with Gasteiger partial charge in [0.1, 0.15) is 5.75 Å². The van der Waals surface area contributed by atoms with Gasteiger partial charge in [-0.15, -0.1) is 0 Å². The van der Waals surface area contributed by atoms with Crippen molar-refractivity contribution in [2.75, 3.05) is 32.8 Å². The van der Waals surface area contributed by atoms with Crippen molar-refractivity contribution < 1.29 is 23.9 Å². The molecule has 7 nitrogen and oxygen atoms in total. The van der Waals surface area contributed by atoms with Crippen LogP contribution in [-0.4, -0.2) is 60.6 Å². The molecule has 0 atom stereocenters. The summed E-state index contributed by atoms with van der Waals surface area (Å²) >= 11 is 3.43. The van der Waals surface area contributed by atoms with Crippen LogP contribution in [0.3, 0.4) is 0 Å². The summed E-state index contributed by atoms with van der Waals surface area (Å²) in [6, 6.07) is 13.7. The lowest BCUT2D eigenvalue weighted by molar-refractivity contribution is 0.0718. The number of carbonyl (C=O) groups excluding carboxylic acids is 3. The van der Waals surface area contributed by atoms with Crippen molar-refractivity contribution in [3.63, 3.8) is 0 Å². The highest BCUT2D eigenvalue weighted by Gasteiger charge is 2.24. The molecular weight excluding hydrogens is 452 g/mol. The van der Waals surface area contributed by atoms with Gasteiger partial charge in [0, 0.05) is 36.2 Å². The Morgan fingerprint density at radius 3 is 2.17 bits per heavy atom. The van der Waals surface area contributed by atoms with E-state index in [-0.39, 0.29) is 18.4 Å². The van der Waals surface area contributed by atoms with Crippen molar-refractivity contribution in [3.8, 4) is 5.75 Å². The number of rotatable bonds is 4. The molecule has 1 aliphatic heterocycles. The summed E-state index contributed by atoms with van der Waals surface area (Å²) in [7, 11) is 0. The molecular formula is C22H23BrN2O5. The number of hydrogen-bond donors (Lipinski definition) is 0. The summed E-state index contributed by atoms with van der Waals surface area (Å²) in [5.74, 6) is 0.149. The maximum Gasteiger partial charge on any atom is 0.513 e. The van der Waals surface area contributed by atoms with Gasteiger partial charge in [0.2, 0.25) is 0 Å². The van der Waals surface area contributed by atoms with E-state index in [0.717, 1.165) is 4.47 Å². The van der Waals surface area contributed by atoms with E-state index in [2.05, 4.69) is 15.9 Å². The van der Waals surface area contributed by atoms with Crippen LogP contribution >= 0.6 is 15.9 Å². The van der Waals surface area contributed by atoms with Gasteiger partial charge in [0.15, 0.2) is 0 Å². The molecule has 0 N–H and O–H groups in total. The molecule has 30 heavy (non-hydrogen) atoms.